The minimum absolute atomic E-state index is 0.179. The van der Waals surface area contributed by atoms with E-state index in [-0.39, 0.29) is 5.91 Å². The molecule has 0 saturated carbocycles. The molecule has 1 aliphatic heterocycles. The largest absolute Gasteiger partial charge is 0.311 e. The highest BCUT2D eigenvalue weighted by atomic mass is 32.2. The summed E-state index contributed by atoms with van der Waals surface area (Å²) >= 11 is 1.84. The van der Waals surface area contributed by atoms with Gasteiger partial charge in [0.2, 0.25) is 5.91 Å². The van der Waals surface area contributed by atoms with Crippen LogP contribution < -0.4 is 4.90 Å². The molecule has 110 valence electrons. The molecule has 1 aliphatic rings. The van der Waals surface area contributed by atoms with Crippen molar-refractivity contribution in [3.05, 3.63) is 42.2 Å². The van der Waals surface area contributed by atoms with Gasteiger partial charge in [-0.2, -0.15) is 5.10 Å². The van der Waals surface area contributed by atoms with Gasteiger partial charge < -0.3 is 4.90 Å². The first-order valence-corrected chi connectivity index (χ1v) is 8.24. The molecule has 0 fully saturated rings. The second-order valence-electron chi connectivity index (χ2n) is 5.25. The minimum atomic E-state index is 0.179. The second kappa shape index (κ2) is 6.35. The molecule has 21 heavy (non-hydrogen) atoms. The summed E-state index contributed by atoms with van der Waals surface area (Å²) in [6, 6.07) is 8.18. The van der Waals surface area contributed by atoms with Crippen LogP contribution in [0.1, 0.15) is 18.4 Å². The summed E-state index contributed by atoms with van der Waals surface area (Å²) in [7, 11) is 0. The molecule has 0 N–H and O–H groups in total. The summed E-state index contributed by atoms with van der Waals surface area (Å²) in [5.74, 6) is 1.25. The molecular formula is C16H19N3OS. The highest BCUT2D eigenvalue weighted by molar-refractivity contribution is 7.99. The molecule has 0 atom stereocenters. The zero-order chi connectivity index (χ0) is 14.7. The van der Waals surface area contributed by atoms with Crippen LogP contribution in [0.4, 0.5) is 5.69 Å². The van der Waals surface area contributed by atoms with Gasteiger partial charge >= 0.3 is 0 Å². The molecule has 4 nitrogen and oxygen atoms in total. The van der Waals surface area contributed by atoms with E-state index in [1.165, 1.54) is 4.90 Å². The maximum absolute atomic E-state index is 12.6. The van der Waals surface area contributed by atoms with E-state index in [1.807, 2.05) is 58.9 Å². The number of amides is 1. The lowest BCUT2D eigenvalue weighted by Gasteiger charge is -2.22. The molecule has 1 aromatic carbocycles. The van der Waals surface area contributed by atoms with Crippen molar-refractivity contribution in [2.45, 2.75) is 31.2 Å². The Labute approximate surface area is 129 Å². The van der Waals surface area contributed by atoms with Gasteiger partial charge in [-0.1, -0.05) is 12.1 Å². The fraction of sp³-hybridized carbons (Fsp3) is 0.375. The van der Waals surface area contributed by atoms with Crippen LogP contribution in [0.2, 0.25) is 0 Å². The van der Waals surface area contributed by atoms with Crippen LogP contribution in [0.25, 0.3) is 0 Å². The number of rotatable bonds is 3. The molecule has 0 unspecified atom stereocenters. The number of benzene rings is 1. The van der Waals surface area contributed by atoms with Crippen LogP contribution in [0, 0.1) is 6.92 Å². The minimum Gasteiger partial charge on any atom is -0.311 e. The van der Waals surface area contributed by atoms with Crippen molar-refractivity contribution >= 4 is 23.4 Å². The Morgan fingerprint density at radius 2 is 2.24 bits per heavy atom. The van der Waals surface area contributed by atoms with Gasteiger partial charge in [0.15, 0.2) is 0 Å². The molecular weight excluding hydrogens is 282 g/mol. The van der Waals surface area contributed by atoms with Crippen molar-refractivity contribution in [2.75, 3.05) is 17.2 Å². The van der Waals surface area contributed by atoms with Crippen LogP contribution in [0.5, 0.6) is 0 Å². The lowest BCUT2D eigenvalue weighted by Crippen LogP contribution is -2.32. The van der Waals surface area contributed by atoms with Crippen LogP contribution in [0.15, 0.2) is 41.6 Å². The van der Waals surface area contributed by atoms with E-state index in [1.54, 1.807) is 0 Å². The number of aromatic nitrogens is 2. The topological polar surface area (TPSA) is 38.1 Å². The molecule has 2 heterocycles. The first kappa shape index (κ1) is 14.2. The molecule has 0 saturated heterocycles. The maximum Gasteiger partial charge on any atom is 0.228 e. The van der Waals surface area contributed by atoms with Gasteiger partial charge in [-0.05, 0) is 36.8 Å². The van der Waals surface area contributed by atoms with E-state index in [4.69, 9.17) is 0 Å². The quantitative estimate of drug-likeness (QED) is 0.874. The van der Waals surface area contributed by atoms with Crippen molar-refractivity contribution in [3.63, 3.8) is 0 Å². The Morgan fingerprint density at radius 1 is 1.38 bits per heavy atom. The lowest BCUT2D eigenvalue weighted by atomic mass is 10.2. The van der Waals surface area contributed by atoms with Gasteiger partial charge in [-0.25, -0.2) is 0 Å². The molecule has 1 aromatic heterocycles. The van der Waals surface area contributed by atoms with Crippen LogP contribution in [0.3, 0.4) is 0 Å². The summed E-state index contributed by atoms with van der Waals surface area (Å²) in [6.45, 7) is 3.45. The summed E-state index contributed by atoms with van der Waals surface area (Å²) in [4.78, 5) is 15.7. The standard InChI is InChI=1S/C16H19N3OS/c1-13-11-17-18(12-13)9-7-16(20)19-8-4-10-21-15-6-3-2-5-14(15)19/h2-3,5-6,11-12H,4,7-10H2,1H3. The fourth-order valence-corrected chi connectivity index (χ4v) is 3.52. The number of hydrogen-bond acceptors (Lipinski definition) is 3. The molecule has 2 aromatic rings. The van der Waals surface area contributed by atoms with Crippen LogP contribution >= 0.6 is 11.8 Å². The molecule has 3 rings (SSSR count). The van der Waals surface area contributed by atoms with Crippen molar-refractivity contribution < 1.29 is 4.79 Å². The van der Waals surface area contributed by atoms with Gasteiger partial charge in [-0.3, -0.25) is 9.48 Å². The van der Waals surface area contributed by atoms with Gasteiger partial charge in [0, 0.05) is 30.6 Å². The van der Waals surface area contributed by atoms with E-state index < -0.39 is 0 Å². The SMILES string of the molecule is Cc1cnn(CCC(=O)N2CCCSc3ccccc32)c1. The van der Waals surface area contributed by atoms with Gasteiger partial charge in [0.25, 0.3) is 0 Å². The Morgan fingerprint density at radius 3 is 3.05 bits per heavy atom. The number of aryl methyl sites for hydroxylation is 2. The first-order valence-electron chi connectivity index (χ1n) is 7.25. The van der Waals surface area contributed by atoms with E-state index >= 15 is 0 Å². The van der Waals surface area contributed by atoms with E-state index in [9.17, 15) is 4.79 Å². The summed E-state index contributed by atoms with van der Waals surface area (Å²) < 4.78 is 1.84. The number of nitrogens with zero attached hydrogens (tertiary/aromatic N) is 3. The van der Waals surface area contributed by atoms with Gasteiger partial charge in [0.05, 0.1) is 11.9 Å². The average Bonchev–Trinajstić information content (AvgIpc) is 2.79. The summed E-state index contributed by atoms with van der Waals surface area (Å²) in [5, 5.41) is 4.24. The van der Waals surface area contributed by atoms with Crippen molar-refractivity contribution in [1.82, 2.24) is 9.78 Å². The smallest absolute Gasteiger partial charge is 0.228 e. The van der Waals surface area contributed by atoms with Gasteiger partial charge in [0.1, 0.15) is 0 Å². The summed E-state index contributed by atoms with van der Waals surface area (Å²) in [6.07, 6.45) is 5.31. The number of thioether (sulfide) groups is 1. The Hall–Kier alpha value is -1.75. The van der Waals surface area contributed by atoms with Crippen LogP contribution in [-0.2, 0) is 11.3 Å². The Bertz CT molecular complexity index is 638. The van der Waals surface area contributed by atoms with Crippen molar-refractivity contribution in [2.24, 2.45) is 0 Å². The first-order chi connectivity index (χ1) is 10.2. The number of carbonyl (C=O) groups is 1. The third-order valence-corrected chi connectivity index (χ3v) is 4.71. The average molecular weight is 301 g/mol. The molecule has 0 bridgehead atoms. The molecule has 1 amide bonds. The monoisotopic (exact) mass is 301 g/mol. The molecule has 5 heteroatoms. The molecule has 0 aliphatic carbocycles. The number of carbonyl (C=O) groups excluding carboxylic acids is 1. The van der Waals surface area contributed by atoms with E-state index in [0.29, 0.717) is 13.0 Å². The zero-order valence-electron chi connectivity index (χ0n) is 12.2. The number of anilines is 1. The molecule has 0 spiro atoms. The Kier molecular flexibility index (Phi) is 4.29. The fourth-order valence-electron chi connectivity index (χ4n) is 2.52. The van der Waals surface area contributed by atoms with E-state index in [2.05, 4.69) is 11.2 Å². The predicted molar refractivity (Wildman–Crippen MR) is 85.7 cm³/mol. The van der Waals surface area contributed by atoms with E-state index in [0.717, 1.165) is 30.0 Å². The summed E-state index contributed by atoms with van der Waals surface area (Å²) in [5.41, 5.74) is 2.18. The zero-order valence-corrected chi connectivity index (χ0v) is 13.0. The Balaban J connectivity index is 1.72. The predicted octanol–water partition coefficient (Wildman–Crippen LogP) is 3.11. The number of hydrogen-bond donors (Lipinski definition) is 0. The van der Waals surface area contributed by atoms with Crippen LogP contribution in [-0.4, -0.2) is 28.0 Å². The highest BCUT2D eigenvalue weighted by Crippen LogP contribution is 2.33. The molecule has 0 radical (unpaired) electrons. The third kappa shape index (κ3) is 3.29. The maximum atomic E-state index is 12.6. The highest BCUT2D eigenvalue weighted by Gasteiger charge is 2.20. The van der Waals surface area contributed by atoms with Crippen molar-refractivity contribution in [3.8, 4) is 0 Å². The normalized spacial score (nSPS) is 14.6. The van der Waals surface area contributed by atoms with Gasteiger partial charge in [-0.15, -0.1) is 11.8 Å². The third-order valence-electron chi connectivity index (χ3n) is 3.56. The second-order valence-corrected chi connectivity index (χ2v) is 6.38. The number of fused-ring (bicyclic) bond motifs is 1. The van der Waals surface area contributed by atoms with Crippen molar-refractivity contribution in [1.29, 1.82) is 0 Å². The number of para-hydroxylation sites is 1. The lowest BCUT2D eigenvalue weighted by molar-refractivity contribution is -0.118.